The van der Waals surface area contributed by atoms with Gasteiger partial charge in [0.15, 0.2) is 5.82 Å². The van der Waals surface area contributed by atoms with Crippen molar-refractivity contribution in [2.45, 2.75) is 66.0 Å². The minimum absolute atomic E-state index is 0.0174. The van der Waals surface area contributed by atoms with Crippen molar-refractivity contribution in [3.8, 4) is 11.4 Å². The van der Waals surface area contributed by atoms with Crippen LogP contribution in [0.1, 0.15) is 62.4 Å². The molecule has 210 valence electrons. The molecule has 2 aromatic carbocycles. The number of aromatic nitrogens is 4. The molecule has 6 rings (SSSR count). The summed E-state index contributed by atoms with van der Waals surface area (Å²) in [5, 5.41) is 5.63. The maximum absolute atomic E-state index is 5.89. The first kappa shape index (κ1) is 26.8. The number of piperidine rings is 1. The van der Waals surface area contributed by atoms with Crippen molar-refractivity contribution in [2.24, 2.45) is 12.5 Å². The largest absolute Gasteiger partial charge is 0.381 e. The topological polar surface area (TPSA) is 59.3 Å². The van der Waals surface area contributed by atoms with Crippen molar-refractivity contribution >= 4 is 22.4 Å². The summed E-state index contributed by atoms with van der Waals surface area (Å²) in [6, 6.07) is 13.2. The number of aryl methyl sites for hydroxylation is 2. The third-order valence-electron chi connectivity index (χ3n) is 9.00. The summed E-state index contributed by atoms with van der Waals surface area (Å²) < 4.78 is 7.83. The number of benzene rings is 2. The molecular formula is C33H42N6O. The van der Waals surface area contributed by atoms with Crippen LogP contribution in [0.25, 0.3) is 22.3 Å². The van der Waals surface area contributed by atoms with E-state index in [1.165, 1.54) is 28.1 Å². The van der Waals surface area contributed by atoms with Crippen LogP contribution in [-0.4, -0.2) is 52.6 Å². The summed E-state index contributed by atoms with van der Waals surface area (Å²) >= 11 is 0. The zero-order valence-corrected chi connectivity index (χ0v) is 25.0. The molecule has 1 fully saturated rings. The van der Waals surface area contributed by atoms with Gasteiger partial charge in [-0.25, -0.2) is 9.97 Å². The second-order valence-corrected chi connectivity index (χ2v) is 12.6. The first-order valence-corrected chi connectivity index (χ1v) is 14.6. The van der Waals surface area contributed by atoms with Crippen LogP contribution < -0.4 is 9.80 Å². The number of fused-ring (bicyclic) bond motifs is 2. The molecule has 2 aliphatic rings. The molecule has 7 nitrogen and oxygen atoms in total. The van der Waals surface area contributed by atoms with Gasteiger partial charge >= 0.3 is 0 Å². The highest BCUT2D eigenvalue weighted by Crippen LogP contribution is 2.39. The molecule has 0 aliphatic carbocycles. The normalized spacial score (nSPS) is 18.9. The predicted octanol–water partition coefficient (Wildman–Crippen LogP) is 6.28. The molecule has 1 saturated heterocycles. The van der Waals surface area contributed by atoms with Crippen molar-refractivity contribution in [2.75, 3.05) is 36.5 Å². The number of para-hydroxylation sites is 1. The van der Waals surface area contributed by atoms with Crippen molar-refractivity contribution in [3.63, 3.8) is 0 Å². The van der Waals surface area contributed by atoms with Crippen LogP contribution in [0, 0.1) is 12.3 Å². The van der Waals surface area contributed by atoms with E-state index in [-0.39, 0.29) is 11.5 Å². The fourth-order valence-corrected chi connectivity index (χ4v) is 6.68. The van der Waals surface area contributed by atoms with Gasteiger partial charge in [-0.1, -0.05) is 52.0 Å². The molecule has 0 radical (unpaired) electrons. The third kappa shape index (κ3) is 4.64. The van der Waals surface area contributed by atoms with Crippen LogP contribution in [0.5, 0.6) is 0 Å². The highest BCUT2D eigenvalue weighted by atomic mass is 16.5. The first-order valence-electron chi connectivity index (χ1n) is 14.6. The van der Waals surface area contributed by atoms with Gasteiger partial charge in [0.25, 0.3) is 0 Å². The van der Waals surface area contributed by atoms with Crippen molar-refractivity contribution in [1.82, 2.24) is 19.7 Å². The highest BCUT2D eigenvalue weighted by molar-refractivity contribution is 5.92. The fourth-order valence-electron chi connectivity index (χ4n) is 6.68. The molecule has 40 heavy (non-hydrogen) atoms. The summed E-state index contributed by atoms with van der Waals surface area (Å²) in [4.78, 5) is 15.6. The van der Waals surface area contributed by atoms with Crippen molar-refractivity contribution in [3.05, 3.63) is 65.0 Å². The minimum Gasteiger partial charge on any atom is -0.381 e. The maximum atomic E-state index is 5.89. The standard InChI is InChI=1S/C33H42N6O/c1-21(2)23-12-11-22(3)28(17-23)38-15-13-27-26(19-38)32(39-16-14-29(40-7)33(4,5)20-39)36-31(35-27)25-10-8-9-24-18-34-37(6)30(24)25/h8-12,17-18,21,29H,13-16,19-20H2,1-7H3. The van der Waals surface area contributed by atoms with Crippen LogP contribution in [0.4, 0.5) is 11.5 Å². The van der Waals surface area contributed by atoms with Gasteiger partial charge in [-0.3, -0.25) is 4.68 Å². The molecule has 0 bridgehead atoms. The van der Waals surface area contributed by atoms with Gasteiger partial charge in [-0.2, -0.15) is 5.10 Å². The van der Waals surface area contributed by atoms with E-state index in [1.54, 1.807) is 0 Å². The van der Waals surface area contributed by atoms with Crippen LogP contribution in [-0.2, 0) is 24.8 Å². The summed E-state index contributed by atoms with van der Waals surface area (Å²) in [6.07, 6.45) is 4.03. The van der Waals surface area contributed by atoms with Crippen LogP contribution in [0.3, 0.4) is 0 Å². The summed E-state index contributed by atoms with van der Waals surface area (Å²) in [7, 11) is 3.83. The molecule has 2 aliphatic heterocycles. The lowest BCUT2D eigenvalue weighted by Crippen LogP contribution is -2.50. The number of hydrogen-bond donors (Lipinski definition) is 0. The van der Waals surface area contributed by atoms with E-state index in [4.69, 9.17) is 14.7 Å². The van der Waals surface area contributed by atoms with Crippen LogP contribution >= 0.6 is 0 Å². The van der Waals surface area contributed by atoms with Crippen molar-refractivity contribution in [1.29, 1.82) is 0 Å². The zero-order chi connectivity index (χ0) is 28.2. The highest BCUT2D eigenvalue weighted by Gasteiger charge is 2.38. The van der Waals surface area contributed by atoms with Gasteiger partial charge < -0.3 is 14.5 Å². The quantitative estimate of drug-likeness (QED) is 0.298. The Morgan fingerprint density at radius 1 is 1.05 bits per heavy atom. The Labute approximate surface area is 238 Å². The van der Waals surface area contributed by atoms with Gasteiger partial charge in [-0.15, -0.1) is 0 Å². The van der Waals surface area contributed by atoms with E-state index in [0.29, 0.717) is 5.92 Å². The van der Waals surface area contributed by atoms with E-state index < -0.39 is 0 Å². The molecule has 4 heterocycles. The zero-order valence-electron chi connectivity index (χ0n) is 25.0. The first-order chi connectivity index (χ1) is 19.2. The Balaban J connectivity index is 1.47. The summed E-state index contributed by atoms with van der Waals surface area (Å²) in [6.45, 7) is 14.9. The molecule has 2 aromatic heterocycles. The molecule has 1 atom stereocenters. The van der Waals surface area contributed by atoms with E-state index in [1.807, 2.05) is 25.0 Å². The lowest BCUT2D eigenvalue weighted by molar-refractivity contribution is -0.00647. The van der Waals surface area contributed by atoms with E-state index in [9.17, 15) is 0 Å². The van der Waals surface area contributed by atoms with Crippen molar-refractivity contribution < 1.29 is 4.74 Å². The lowest BCUT2D eigenvalue weighted by atomic mass is 9.81. The minimum atomic E-state index is 0.0174. The Kier molecular flexibility index (Phi) is 6.81. The number of methoxy groups -OCH3 is 1. The average Bonchev–Trinajstić information content (AvgIpc) is 3.32. The maximum Gasteiger partial charge on any atom is 0.163 e. The second kappa shape index (κ2) is 10.2. The van der Waals surface area contributed by atoms with E-state index in [2.05, 4.69) is 85.9 Å². The van der Waals surface area contributed by atoms with Crippen LogP contribution in [0.15, 0.2) is 42.6 Å². The molecule has 0 saturated carbocycles. The monoisotopic (exact) mass is 538 g/mol. The second-order valence-electron chi connectivity index (χ2n) is 12.6. The third-order valence-corrected chi connectivity index (χ3v) is 9.00. The van der Waals surface area contributed by atoms with Crippen LogP contribution in [0.2, 0.25) is 0 Å². The summed E-state index contributed by atoms with van der Waals surface area (Å²) in [5.41, 5.74) is 8.57. The lowest BCUT2D eigenvalue weighted by Gasteiger charge is -2.45. The van der Waals surface area contributed by atoms with E-state index >= 15 is 0 Å². The molecule has 0 N–H and O–H groups in total. The number of nitrogens with zero attached hydrogens (tertiary/aromatic N) is 6. The molecule has 0 amide bonds. The van der Waals surface area contributed by atoms with Gasteiger partial charge in [0.05, 0.1) is 23.5 Å². The molecular weight excluding hydrogens is 496 g/mol. The molecule has 0 spiro atoms. The Morgan fingerprint density at radius 2 is 1.88 bits per heavy atom. The van der Waals surface area contributed by atoms with Gasteiger partial charge in [0.1, 0.15) is 5.82 Å². The number of rotatable bonds is 5. The molecule has 7 heteroatoms. The number of ether oxygens (including phenoxy) is 1. The summed E-state index contributed by atoms with van der Waals surface area (Å²) in [5.74, 6) is 2.36. The number of hydrogen-bond acceptors (Lipinski definition) is 6. The Hall–Kier alpha value is -3.45. The van der Waals surface area contributed by atoms with Gasteiger partial charge in [0, 0.05) is 74.4 Å². The Morgan fingerprint density at radius 3 is 2.62 bits per heavy atom. The predicted molar refractivity (Wildman–Crippen MR) is 163 cm³/mol. The Bertz CT molecular complexity index is 1550. The van der Waals surface area contributed by atoms with Gasteiger partial charge in [-0.05, 0) is 42.5 Å². The van der Waals surface area contributed by atoms with Gasteiger partial charge in [0.2, 0.25) is 0 Å². The fraction of sp³-hybridized carbons (Fsp3) is 0.485. The average molecular weight is 539 g/mol. The van der Waals surface area contributed by atoms with E-state index in [0.717, 1.165) is 67.1 Å². The number of anilines is 2. The SMILES string of the molecule is COC1CCN(c2nc(-c3cccc4cnn(C)c34)nc3c2CN(c2cc(C(C)C)ccc2C)CC3)CC1(C)C. The molecule has 4 aromatic rings. The smallest absolute Gasteiger partial charge is 0.163 e. The molecule has 1 unspecified atom stereocenters.